The number of furan rings is 2. The van der Waals surface area contributed by atoms with Gasteiger partial charge in [-0.05, 0) is 54.8 Å². The summed E-state index contributed by atoms with van der Waals surface area (Å²) in [6, 6.07) is 21.2. The van der Waals surface area contributed by atoms with E-state index in [1.165, 1.54) is 27.6 Å². The van der Waals surface area contributed by atoms with Crippen LogP contribution in [0.15, 0.2) is 75.1 Å². The van der Waals surface area contributed by atoms with E-state index in [4.69, 9.17) is 8.83 Å². The van der Waals surface area contributed by atoms with Gasteiger partial charge in [0.1, 0.15) is 22.5 Å². The second-order valence-electron chi connectivity index (χ2n) is 7.45. The summed E-state index contributed by atoms with van der Waals surface area (Å²) in [7, 11) is 0. The minimum atomic E-state index is 0.931. The van der Waals surface area contributed by atoms with Crippen LogP contribution in [-0.4, -0.2) is 0 Å². The van der Waals surface area contributed by atoms with Crippen LogP contribution in [-0.2, 0) is 6.42 Å². The molecule has 0 aliphatic heterocycles. The molecule has 0 saturated heterocycles. The highest BCUT2D eigenvalue weighted by Crippen LogP contribution is 2.37. The van der Waals surface area contributed by atoms with Gasteiger partial charge in [-0.15, -0.1) is 0 Å². The topological polar surface area (TPSA) is 26.3 Å². The first-order chi connectivity index (χ1) is 13.3. The third kappa shape index (κ3) is 2.20. The Kier molecular flexibility index (Phi) is 2.96. The molecular formula is C25H18O2. The SMILES string of the molecule is CC1=Cc2c(oc3ccc(-c4ccc5oc6ccccc6c5c4)cc23)CC1. The van der Waals surface area contributed by atoms with E-state index >= 15 is 0 Å². The predicted octanol–water partition coefficient (Wildman–Crippen LogP) is 7.35. The van der Waals surface area contributed by atoms with E-state index in [0.717, 1.165) is 46.1 Å². The average molecular weight is 350 g/mol. The van der Waals surface area contributed by atoms with Crippen LogP contribution >= 0.6 is 0 Å². The molecule has 0 amide bonds. The Labute approximate surface area is 156 Å². The fourth-order valence-electron chi connectivity index (χ4n) is 4.23. The molecule has 0 radical (unpaired) electrons. The van der Waals surface area contributed by atoms with E-state index in [1.807, 2.05) is 12.1 Å². The fraction of sp³-hybridized carbons (Fsp3) is 0.120. The average Bonchev–Trinajstić information content (AvgIpc) is 3.25. The summed E-state index contributed by atoms with van der Waals surface area (Å²) in [5.41, 5.74) is 7.92. The molecule has 5 aromatic rings. The van der Waals surface area contributed by atoms with Crippen LogP contribution in [0.4, 0.5) is 0 Å². The molecule has 0 saturated carbocycles. The first-order valence-electron chi connectivity index (χ1n) is 9.40. The van der Waals surface area contributed by atoms with Crippen LogP contribution in [0, 0.1) is 0 Å². The van der Waals surface area contributed by atoms with Gasteiger partial charge in [0.2, 0.25) is 0 Å². The Bertz CT molecular complexity index is 1380. The Balaban J connectivity index is 1.57. The van der Waals surface area contributed by atoms with E-state index in [0.29, 0.717) is 0 Å². The lowest BCUT2D eigenvalue weighted by Gasteiger charge is -2.08. The van der Waals surface area contributed by atoms with Gasteiger partial charge in [0.15, 0.2) is 0 Å². The highest BCUT2D eigenvalue weighted by molar-refractivity contribution is 6.06. The summed E-state index contributed by atoms with van der Waals surface area (Å²) in [5.74, 6) is 1.11. The van der Waals surface area contributed by atoms with Gasteiger partial charge in [0, 0.05) is 28.1 Å². The maximum Gasteiger partial charge on any atom is 0.135 e. The highest BCUT2D eigenvalue weighted by Gasteiger charge is 2.17. The van der Waals surface area contributed by atoms with Crippen molar-refractivity contribution in [2.45, 2.75) is 19.8 Å². The van der Waals surface area contributed by atoms with Gasteiger partial charge in [-0.2, -0.15) is 0 Å². The number of fused-ring (bicyclic) bond motifs is 6. The summed E-state index contributed by atoms with van der Waals surface area (Å²) in [4.78, 5) is 0. The lowest BCUT2D eigenvalue weighted by molar-refractivity contribution is 0.543. The van der Waals surface area contributed by atoms with Crippen molar-refractivity contribution < 1.29 is 8.83 Å². The van der Waals surface area contributed by atoms with Gasteiger partial charge >= 0.3 is 0 Å². The summed E-state index contributed by atoms with van der Waals surface area (Å²) >= 11 is 0. The molecule has 2 heterocycles. The van der Waals surface area contributed by atoms with Crippen LogP contribution in [0.1, 0.15) is 24.7 Å². The largest absolute Gasteiger partial charge is 0.460 e. The third-order valence-electron chi connectivity index (χ3n) is 5.65. The minimum Gasteiger partial charge on any atom is -0.460 e. The van der Waals surface area contributed by atoms with Crippen molar-refractivity contribution in [2.24, 2.45) is 0 Å². The molecule has 6 rings (SSSR count). The van der Waals surface area contributed by atoms with Crippen molar-refractivity contribution in [1.82, 2.24) is 0 Å². The van der Waals surface area contributed by atoms with Gasteiger partial charge in [0.05, 0.1) is 0 Å². The van der Waals surface area contributed by atoms with Gasteiger partial charge < -0.3 is 8.83 Å². The number of aryl methyl sites for hydroxylation is 1. The smallest absolute Gasteiger partial charge is 0.135 e. The summed E-state index contributed by atoms with van der Waals surface area (Å²) in [6.07, 6.45) is 4.36. The second-order valence-corrected chi connectivity index (χ2v) is 7.45. The van der Waals surface area contributed by atoms with Crippen LogP contribution < -0.4 is 0 Å². The van der Waals surface area contributed by atoms with Crippen molar-refractivity contribution in [3.05, 3.63) is 77.6 Å². The second kappa shape index (κ2) is 5.37. The van der Waals surface area contributed by atoms with Crippen molar-refractivity contribution in [3.8, 4) is 11.1 Å². The number of para-hydroxylation sites is 1. The Morgan fingerprint density at radius 1 is 0.667 bits per heavy atom. The lowest BCUT2D eigenvalue weighted by Crippen LogP contribution is -1.93. The molecule has 3 aromatic carbocycles. The Morgan fingerprint density at radius 2 is 1.37 bits per heavy atom. The fourth-order valence-corrected chi connectivity index (χ4v) is 4.23. The molecule has 2 aromatic heterocycles. The van der Waals surface area contributed by atoms with Gasteiger partial charge in [-0.1, -0.05) is 42.0 Å². The van der Waals surface area contributed by atoms with E-state index in [2.05, 4.69) is 61.5 Å². The number of hydrogen-bond donors (Lipinski definition) is 0. The molecule has 0 bridgehead atoms. The standard InChI is InChI=1S/C25H18O2/c1-15-6-9-23-19(12-15)21-14-17(8-11-25(21)27-23)16-7-10-24-20(13-16)18-4-2-3-5-22(18)26-24/h2-5,7-8,10-14H,6,9H2,1H3. The zero-order valence-corrected chi connectivity index (χ0v) is 15.1. The van der Waals surface area contributed by atoms with Gasteiger partial charge in [-0.3, -0.25) is 0 Å². The third-order valence-corrected chi connectivity index (χ3v) is 5.65. The first kappa shape index (κ1) is 14.9. The lowest BCUT2D eigenvalue weighted by atomic mass is 9.95. The molecule has 130 valence electrons. The van der Waals surface area contributed by atoms with E-state index in [1.54, 1.807) is 0 Å². The normalized spacial score (nSPS) is 14.0. The van der Waals surface area contributed by atoms with E-state index < -0.39 is 0 Å². The van der Waals surface area contributed by atoms with Gasteiger partial charge in [-0.25, -0.2) is 0 Å². The molecule has 1 aliphatic rings. The Hall–Kier alpha value is -3.26. The number of rotatable bonds is 1. The molecule has 0 fully saturated rings. The van der Waals surface area contributed by atoms with Crippen molar-refractivity contribution in [3.63, 3.8) is 0 Å². The zero-order chi connectivity index (χ0) is 18.0. The van der Waals surface area contributed by atoms with E-state index in [9.17, 15) is 0 Å². The quantitative estimate of drug-likeness (QED) is 0.316. The monoisotopic (exact) mass is 350 g/mol. The maximum absolute atomic E-state index is 6.09. The Morgan fingerprint density at radius 3 is 2.22 bits per heavy atom. The minimum absolute atomic E-state index is 0.931. The van der Waals surface area contributed by atoms with Crippen LogP contribution in [0.5, 0.6) is 0 Å². The number of allylic oxidation sites excluding steroid dienone is 1. The zero-order valence-electron chi connectivity index (χ0n) is 15.1. The van der Waals surface area contributed by atoms with E-state index in [-0.39, 0.29) is 0 Å². The van der Waals surface area contributed by atoms with Crippen LogP contribution in [0.3, 0.4) is 0 Å². The molecule has 27 heavy (non-hydrogen) atoms. The summed E-state index contributed by atoms with van der Waals surface area (Å²) < 4.78 is 12.1. The van der Waals surface area contributed by atoms with Gasteiger partial charge in [0.25, 0.3) is 0 Å². The molecule has 0 N–H and O–H groups in total. The summed E-state index contributed by atoms with van der Waals surface area (Å²) in [6.45, 7) is 2.20. The molecular weight excluding hydrogens is 332 g/mol. The maximum atomic E-state index is 6.09. The van der Waals surface area contributed by atoms with Crippen molar-refractivity contribution in [2.75, 3.05) is 0 Å². The predicted molar refractivity (Wildman–Crippen MR) is 111 cm³/mol. The first-order valence-corrected chi connectivity index (χ1v) is 9.40. The molecule has 0 spiro atoms. The van der Waals surface area contributed by atoms with Crippen LogP contribution in [0.2, 0.25) is 0 Å². The van der Waals surface area contributed by atoms with Crippen LogP contribution in [0.25, 0.3) is 50.1 Å². The van der Waals surface area contributed by atoms with Crippen molar-refractivity contribution >= 4 is 39.0 Å². The number of hydrogen-bond acceptors (Lipinski definition) is 2. The highest BCUT2D eigenvalue weighted by atomic mass is 16.3. The molecule has 0 unspecified atom stereocenters. The van der Waals surface area contributed by atoms with Crippen molar-refractivity contribution in [1.29, 1.82) is 0 Å². The number of benzene rings is 3. The molecule has 1 aliphatic carbocycles. The molecule has 0 atom stereocenters. The molecule has 2 heteroatoms. The summed E-state index contributed by atoms with van der Waals surface area (Å²) in [5, 5.41) is 3.53. The molecule has 2 nitrogen and oxygen atoms in total.